The first kappa shape index (κ1) is 23.1. The van der Waals surface area contributed by atoms with Crippen LogP contribution in [0.2, 0.25) is 5.02 Å². The van der Waals surface area contributed by atoms with E-state index in [1.54, 1.807) is 19.2 Å². The number of halogens is 2. The highest BCUT2D eigenvalue weighted by Crippen LogP contribution is 2.32. The molecule has 178 valence electrons. The largest absolute Gasteiger partial charge is 0.497 e. The molecule has 0 spiro atoms. The molecule has 7 heteroatoms. The van der Waals surface area contributed by atoms with Crippen LogP contribution in [0.15, 0.2) is 66.7 Å². The minimum atomic E-state index is -0.254. The number of fused-ring (bicyclic) bond motifs is 1. The summed E-state index contributed by atoms with van der Waals surface area (Å²) in [6.07, 6.45) is 0. The van der Waals surface area contributed by atoms with Gasteiger partial charge in [-0.2, -0.15) is 0 Å². The Morgan fingerprint density at radius 3 is 2.31 bits per heavy atom. The molecule has 3 aromatic carbocycles. The minimum Gasteiger partial charge on any atom is -0.497 e. The summed E-state index contributed by atoms with van der Waals surface area (Å²) in [5.41, 5.74) is 4.73. The molecule has 1 aliphatic heterocycles. The number of hydrogen-bond donors (Lipinski definition) is 0. The Morgan fingerprint density at radius 2 is 1.66 bits per heavy atom. The standard InChI is InChI=1S/C28H25ClFN3O2/c1-18-25(29)12-11-23-24(17-26(31-27(18)23)19-3-9-22(35-2)10-4-19)28(34)33-15-13-32(14-16-33)21-7-5-20(30)6-8-21/h3-12,17H,13-16H2,1-2H3. The summed E-state index contributed by atoms with van der Waals surface area (Å²) in [5.74, 6) is 0.465. The van der Waals surface area contributed by atoms with Crippen LogP contribution in [0, 0.1) is 12.7 Å². The molecule has 1 aliphatic rings. The number of pyridine rings is 1. The maximum absolute atomic E-state index is 13.8. The second-order valence-electron chi connectivity index (χ2n) is 8.61. The van der Waals surface area contributed by atoms with Crippen molar-refractivity contribution in [1.29, 1.82) is 0 Å². The van der Waals surface area contributed by atoms with Crippen molar-refractivity contribution in [2.45, 2.75) is 6.92 Å². The maximum Gasteiger partial charge on any atom is 0.254 e. The Morgan fingerprint density at radius 1 is 0.971 bits per heavy atom. The predicted octanol–water partition coefficient (Wildman–Crippen LogP) is 5.97. The van der Waals surface area contributed by atoms with E-state index in [0.717, 1.165) is 33.5 Å². The Labute approximate surface area is 208 Å². The monoisotopic (exact) mass is 489 g/mol. The minimum absolute atomic E-state index is 0.0346. The van der Waals surface area contributed by atoms with Gasteiger partial charge in [0, 0.05) is 47.8 Å². The van der Waals surface area contributed by atoms with E-state index >= 15 is 0 Å². The molecule has 35 heavy (non-hydrogen) atoms. The van der Waals surface area contributed by atoms with E-state index in [4.69, 9.17) is 21.3 Å². The summed E-state index contributed by atoms with van der Waals surface area (Å²) in [4.78, 5) is 22.7. The van der Waals surface area contributed by atoms with Crippen molar-refractivity contribution in [3.05, 3.63) is 88.7 Å². The molecule has 0 unspecified atom stereocenters. The molecule has 1 fully saturated rings. The molecule has 5 rings (SSSR count). The molecule has 1 amide bonds. The summed E-state index contributed by atoms with van der Waals surface area (Å²) >= 11 is 6.41. The highest BCUT2D eigenvalue weighted by molar-refractivity contribution is 6.32. The molecule has 0 bridgehead atoms. The third kappa shape index (κ3) is 4.54. The number of carbonyl (C=O) groups excluding carboxylic acids is 1. The number of carbonyl (C=O) groups is 1. The van der Waals surface area contributed by atoms with E-state index in [1.807, 2.05) is 54.3 Å². The van der Waals surface area contributed by atoms with Gasteiger partial charge in [0.2, 0.25) is 0 Å². The van der Waals surface area contributed by atoms with Crippen LogP contribution in [0.25, 0.3) is 22.2 Å². The summed E-state index contributed by atoms with van der Waals surface area (Å²) in [5, 5.41) is 1.40. The lowest BCUT2D eigenvalue weighted by Gasteiger charge is -2.36. The number of ether oxygens (including phenoxy) is 1. The quantitative estimate of drug-likeness (QED) is 0.354. The number of hydrogen-bond acceptors (Lipinski definition) is 4. The molecule has 0 atom stereocenters. The van der Waals surface area contributed by atoms with Crippen molar-refractivity contribution >= 4 is 34.1 Å². The Bertz CT molecular complexity index is 1380. The van der Waals surface area contributed by atoms with Gasteiger partial charge in [0.15, 0.2) is 0 Å². The molecule has 2 heterocycles. The third-order valence-corrected chi connectivity index (χ3v) is 6.95. The average molecular weight is 490 g/mol. The molecular weight excluding hydrogens is 465 g/mol. The van der Waals surface area contributed by atoms with Crippen molar-refractivity contribution in [3.8, 4) is 17.0 Å². The fourth-order valence-electron chi connectivity index (χ4n) is 4.48. The van der Waals surface area contributed by atoms with E-state index in [2.05, 4.69) is 4.90 Å². The number of rotatable bonds is 4. The summed E-state index contributed by atoms with van der Waals surface area (Å²) in [6, 6.07) is 19.7. The zero-order valence-electron chi connectivity index (χ0n) is 19.6. The fourth-order valence-corrected chi connectivity index (χ4v) is 4.63. The molecule has 4 aromatic rings. The van der Waals surface area contributed by atoms with Gasteiger partial charge in [-0.05, 0) is 73.2 Å². The molecule has 0 aliphatic carbocycles. The number of aromatic nitrogens is 1. The molecule has 0 saturated carbocycles. The van der Waals surface area contributed by atoms with Crippen molar-refractivity contribution in [1.82, 2.24) is 9.88 Å². The van der Waals surface area contributed by atoms with Crippen LogP contribution in [-0.2, 0) is 0 Å². The number of benzene rings is 3. The highest BCUT2D eigenvalue weighted by Gasteiger charge is 2.25. The number of piperazine rings is 1. The number of nitrogens with zero attached hydrogens (tertiary/aromatic N) is 3. The Kier molecular flexibility index (Phi) is 6.31. The van der Waals surface area contributed by atoms with Crippen LogP contribution in [0.5, 0.6) is 5.75 Å². The van der Waals surface area contributed by atoms with Crippen molar-refractivity contribution < 1.29 is 13.9 Å². The number of amides is 1. The SMILES string of the molecule is COc1ccc(-c2cc(C(=O)N3CCN(c4ccc(F)cc4)CC3)c3ccc(Cl)c(C)c3n2)cc1. The number of anilines is 1. The zero-order valence-corrected chi connectivity index (χ0v) is 20.3. The van der Waals surface area contributed by atoms with E-state index in [-0.39, 0.29) is 11.7 Å². The maximum atomic E-state index is 13.8. The third-order valence-electron chi connectivity index (χ3n) is 6.54. The Hall–Kier alpha value is -3.64. The molecule has 5 nitrogen and oxygen atoms in total. The van der Waals surface area contributed by atoms with E-state index in [0.29, 0.717) is 42.5 Å². The highest BCUT2D eigenvalue weighted by atomic mass is 35.5. The van der Waals surface area contributed by atoms with Gasteiger partial charge in [-0.15, -0.1) is 0 Å². The lowest BCUT2D eigenvalue weighted by Crippen LogP contribution is -2.48. The fraction of sp³-hybridized carbons (Fsp3) is 0.214. The van der Waals surface area contributed by atoms with Crippen LogP contribution in [0.3, 0.4) is 0 Å². The van der Waals surface area contributed by atoms with Crippen molar-refractivity contribution in [3.63, 3.8) is 0 Å². The topological polar surface area (TPSA) is 45.7 Å². The number of aryl methyl sites for hydroxylation is 1. The first-order valence-electron chi connectivity index (χ1n) is 11.5. The summed E-state index contributed by atoms with van der Waals surface area (Å²) < 4.78 is 18.6. The molecule has 1 aromatic heterocycles. The van der Waals surface area contributed by atoms with Crippen LogP contribution in [0.4, 0.5) is 10.1 Å². The number of methoxy groups -OCH3 is 1. The first-order chi connectivity index (χ1) is 16.9. The second kappa shape index (κ2) is 9.55. The normalized spacial score (nSPS) is 13.8. The van der Waals surface area contributed by atoms with Crippen molar-refractivity contribution in [2.75, 3.05) is 38.2 Å². The summed E-state index contributed by atoms with van der Waals surface area (Å²) in [6.45, 7) is 4.42. The average Bonchev–Trinajstić information content (AvgIpc) is 2.90. The van der Waals surface area contributed by atoms with Crippen molar-refractivity contribution in [2.24, 2.45) is 0 Å². The predicted molar refractivity (Wildman–Crippen MR) is 138 cm³/mol. The van der Waals surface area contributed by atoms with Gasteiger partial charge >= 0.3 is 0 Å². The van der Waals surface area contributed by atoms with Crippen LogP contribution in [-0.4, -0.2) is 49.1 Å². The van der Waals surface area contributed by atoms with Gasteiger partial charge in [-0.25, -0.2) is 9.37 Å². The lowest BCUT2D eigenvalue weighted by molar-refractivity contribution is 0.0748. The molecule has 1 saturated heterocycles. The van der Waals surface area contributed by atoms with Gasteiger partial charge in [-0.1, -0.05) is 17.7 Å². The summed E-state index contributed by atoms with van der Waals surface area (Å²) in [7, 11) is 1.63. The smallest absolute Gasteiger partial charge is 0.254 e. The Balaban J connectivity index is 1.48. The second-order valence-corrected chi connectivity index (χ2v) is 9.01. The first-order valence-corrected chi connectivity index (χ1v) is 11.9. The molecule has 0 radical (unpaired) electrons. The van der Waals surface area contributed by atoms with Crippen LogP contribution >= 0.6 is 11.6 Å². The lowest BCUT2D eigenvalue weighted by atomic mass is 10.0. The van der Waals surface area contributed by atoms with E-state index < -0.39 is 0 Å². The van der Waals surface area contributed by atoms with E-state index in [1.165, 1.54) is 12.1 Å². The van der Waals surface area contributed by atoms with Gasteiger partial charge in [0.05, 0.1) is 23.9 Å². The van der Waals surface area contributed by atoms with Crippen LogP contribution in [0.1, 0.15) is 15.9 Å². The molecule has 0 N–H and O–H groups in total. The van der Waals surface area contributed by atoms with Crippen LogP contribution < -0.4 is 9.64 Å². The van der Waals surface area contributed by atoms with Gasteiger partial charge in [-0.3, -0.25) is 4.79 Å². The van der Waals surface area contributed by atoms with Gasteiger partial charge in [0.1, 0.15) is 11.6 Å². The zero-order chi connectivity index (χ0) is 24.5. The van der Waals surface area contributed by atoms with Gasteiger partial charge in [0.25, 0.3) is 5.91 Å². The van der Waals surface area contributed by atoms with Gasteiger partial charge < -0.3 is 14.5 Å². The molecular formula is C28H25ClFN3O2. The van der Waals surface area contributed by atoms with E-state index in [9.17, 15) is 9.18 Å².